The summed E-state index contributed by atoms with van der Waals surface area (Å²) in [6, 6.07) is 7.65. The van der Waals surface area contributed by atoms with E-state index in [0.29, 0.717) is 72.7 Å². The molecule has 0 aliphatic carbocycles. The van der Waals surface area contributed by atoms with Crippen LogP contribution in [0.2, 0.25) is 10.0 Å². The fraction of sp³-hybridized carbons (Fsp3) is 0.320. The summed E-state index contributed by atoms with van der Waals surface area (Å²) in [4.78, 5) is 25.2. The van der Waals surface area contributed by atoms with Gasteiger partial charge in [-0.2, -0.15) is 0 Å². The largest absolute Gasteiger partial charge is 0.494 e. The van der Waals surface area contributed by atoms with Gasteiger partial charge in [-0.1, -0.05) is 23.2 Å². The van der Waals surface area contributed by atoms with Crippen LogP contribution in [0.15, 0.2) is 52.1 Å². The SMILES string of the molecule is COc1cc(C(=O)N2CCOCC2)ccc1N=C(N)/C=C1\C(N)=NCCN1Cc1c(Cl)ccc(F)c1Cl. The van der Waals surface area contributed by atoms with Crippen molar-refractivity contribution >= 4 is 46.5 Å². The number of nitrogens with two attached hydrogens (primary N) is 2. The Hall–Kier alpha value is -3.34. The van der Waals surface area contributed by atoms with Crippen LogP contribution < -0.4 is 16.2 Å². The maximum absolute atomic E-state index is 14.0. The number of benzene rings is 2. The molecule has 0 spiro atoms. The number of hydrogen-bond donors (Lipinski definition) is 2. The van der Waals surface area contributed by atoms with Crippen LogP contribution in [0.3, 0.4) is 0 Å². The third kappa shape index (κ3) is 6.15. The molecule has 1 saturated heterocycles. The molecule has 12 heteroatoms. The molecule has 4 N–H and O–H groups in total. The molecule has 2 aromatic carbocycles. The van der Waals surface area contributed by atoms with Gasteiger partial charge in [0.15, 0.2) is 0 Å². The Kier molecular flexibility index (Phi) is 8.52. The Labute approximate surface area is 224 Å². The molecule has 196 valence electrons. The second kappa shape index (κ2) is 11.8. The minimum Gasteiger partial charge on any atom is -0.494 e. The van der Waals surface area contributed by atoms with E-state index in [0.717, 1.165) is 0 Å². The summed E-state index contributed by atoms with van der Waals surface area (Å²) >= 11 is 12.5. The average molecular weight is 549 g/mol. The normalized spacial score (nSPS) is 17.7. The maximum Gasteiger partial charge on any atom is 0.254 e. The Morgan fingerprint density at radius 3 is 2.73 bits per heavy atom. The molecular formula is C25H27Cl2FN6O3. The number of carbonyl (C=O) groups is 1. The van der Waals surface area contributed by atoms with E-state index in [9.17, 15) is 9.18 Å². The Morgan fingerprint density at radius 2 is 2.00 bits per heavy atom. The first-order chi connectivity index (χ1) is 17.8. The van der Waals surface area contributed by atoms with Gasteiger partial charge in [0, 0.05) is 48.4 Å². The number of amides is 1. The summed E-state index contributed by atoms with van der Waals surface area (Å²) in [5, 5.41) is 0.288. The highest BCUT2D eigenvalue weighted by atomic mass is 35.5. The third-order valence-electron chi connectivity index (χ3n) is 6.00. The molecule has 0 aromatic heterocycles. The van der Waals surface area contributed by atoms with Crippen molar-refractivity contribution in [2.24, 2.45) is 21.5 Å². The number of carbonyl (C=O) groups excluding carboxylic acids is 1. The Balaban J connectivity index is 1.60. The van der Waals surface area contributed by atoms with Gasteiger partial charge in [0.25, 0.3) is 5.91 Å². The molecule has 0 bridgehead atoms. The van der Waals surface area contributed by atoms with Crippen LogP contribution in [0.25, 0.3) is 0 Å². The number of nitrogens with zero attached hydrogens (tertiary/aromatic N) is 4. The van der Waals surface area contributed by atoms with E-state index in [-0.39, 0.29) is 29.1 Å². The van der Waals surface area contributed by atoms with E-state index in [1.165, 1.54) is 19.2 Å². The number of hydrogen-bond acceptors (Lipinski definition) is 7. The molecule has 2 aromatic rings. The highest BCUT2D eigenvalue weighted by Gasteiger charge is 2.22. The van der Waals surface area contributed by atoms with Gasteiger partial charge in [0.1, 0.15) is 28.9 Å². The number of aliphatic imine (C=N–C) groups is 2. The van der Waals surface area contributed by atoms with E-state index in [4.69, 9.17) is 44.1 Å². The lowest BCUT2D eigenvalue weighted by Gasteiger charge is -2.30. The van der Waals surface area contributed by atoms with Crippen molar-refractivity contribution in [3.8, 4) is 5.75 Å². The highest BCUT2D eigenvalue weighted by Crippen LogP contribution is 2.31. The van der Waals surface area contributed by atoms with Crippen LogP contribution in [0.5, 0.6) is 5.75 Å². The van der Waals surface area contributed by atoms with Gasteiger partial charge < -0.3 is 30.7 Å². The van der Waals surface area contributed by atoms with Gasteiger partial charge >= 0.3 is 0 Å². The zero-order valence-electron chi connectivity index (χ0n) is 20.2. The van der Waals surface area contributed by atoms with Gasteiger partial charge in [-0.15, -0.1) is 0 Å². The van der Waals surface area contributed by atoms with Gasteiger partial charge in [-0.05, 0) is 30.3 Å². The van der Waals surface area contributed by atoms with E-state index in [1.807, 2.05) is 4.90 Å². The maximum atomic E-state index is 14.0. The molecular weight excluding hydrogens is 522 g/mol. The van der Waals surface area contributed by atoms with Crippen LogP contribution in [0.1, 0.15) is 15.9 Å². The molecule has 4 rings (SSSR count). The van der Waals surface area contributed by atoms with Crippen LogP contribution in [0.4, 0.5) is 10.1 Å². The Morgan fingerprint density at radius 1 is 1.24 bits per heavy atom. The number of ether oxygens (including phenoxy) is 2. The lowest BCUT2D eigenvalue weighted by Crippen LogP contribution is -2.40. The quantitative estimate of drug-likeness (QED) is 0.324. The molecule has 0 atom stereocenters. The van der Waals surface area contributed by atoms with Gasteiger partial charge in [0.05, 0.1) is 37.6 Å². The fourth-order valence-electron chi connectivity index (χ4n) is 4.05. The molecule has 0 saturated carbocycles. The van der Waals surface area contributed by atoms with Crippen molar-refractivity contribution < 1.29 is 18.7 Å². The summed E-state index contributed by atoms with van der Waals surface area (Å²) in [7, 11) is 1.49. The molecule has 1 fully saturated rings. The van der Waals surface area contributed by atoms with Crippen LogP contribution in [-0.4, -0.2) is 73.9 Å². The number of amidine groups is 2. The minimum atomic E-state index is -0.561. The predicted octanol–water partition coefficient (Wildman–Crippen LogP) is 3.36. The van der Waals surface area contributed by atoms with E-state index >= 15 is 0 Å². The molecule has 2 aliphatic heterocycles. The first kappa shape index (κ1) is 26.7. The highest BCUT2D eigenvalue weighted by molar-refractivity contribution is 6.36. The summed E-state index contributed by atoms with van der Waals surface area (Å²) in [5.74, 6) is 0.104. The molecule has 2 aliphatic rings. The molecule has 37 heavy (non-hydrogen) atoms. The van der Waals surface area contributed by atoms with E-state index < -0.39 is 5.82 Å². The zero-order chi connectivity index (χ0) is 26.5. The van der Waals surface area contributed by atoms with Crippen LogP contribution in [0, 0.1) is 5.82 Å². The van der Waals surface area contributed by atoms with E-state index in [1.54, 1.807) is 29.2 Å². The zero-order valence-corrected chi connectivity index (χ0v) is 21.7. The molecule has 9 nitrogen and oxygen atoms in total. The third-order valence-corrected chi connectivity index (χ3v) is 6.76. The van der Waals surface area contributed by atoms with Gasteiger partial charge in [-0.3, -0.25) is 9.79 Å². The minimum absolute atomic E-state index is 0.0500. The number of halogens is 3. The number of morpholine rings is 1. The smallest absolute Gasteiger partial charge is 0.254 e. The van der Waals surface area contributed by atoms with Gasteiger partial charge in [0.2, 0.25) is 0 Å². The van der Waals surface area contributed by atoms with Crippen molar-refractivity contribution in [1.82, 2.24) is 9.80 Å². The summed E-state index contributed by atoms with van der Waals surface area (Å²) < 4.78 is 24.8. The number of rotatable bonds is 6. The van der Waals surface area contributed by atoms with Crippen molar-refractivity contribution in [2.45, 2.75) is 6.54 Å². The topological polar surface area (TPSA) is 119 Å². The molecule has 2 heterocycles. The second-order valence-electron chi connectivity index (χ2n) is 8.37. The first-order valence-electron chi connectivity index (χ1n) is 11.6. The van der Waals surface area contributed by atoms with Crippen molar-refractivity contribution in [2.75, 3.05) is 46.5 Å². The van der Waals surface area contributed by atoms with Gasteiger partial charge in [-0.25, -0.2) is 9.38 Å². The molecule has 0 unspecified atom stereocenters. The average Bonchev–Trinajstić information content (AvgIpc) is 2.91. The summed E-state index contributed by atoms with van der Waals surface area (Å²) in [6.07, 6.45) is 1.57. The first-order valence-corrected chi connectivity index (χ1v) is 12.3. The summed E-state index contributed by atoms with van der Waals surface area (Å²) in [6.45, 7) is 3.23. The lowest BCUT2D eigenvalue weighted by molar-refractivity contribution is 0.0302. The van der Waals surface area contributed by atoms with Crippen LogP contribution in [-0.2, 0) is 11.3 Å². The number of methoxy groups -OCH3 is 1. The van der Waals surface area contributed by atoms with Crippen molar-refractivity contribution in [3.63, 3.8) is 0 Å². The molecule has 1 amide bonds. The fourth-order valence-corrected chi connectivity index (χ4v) is 4.54. The Bertz CT molecular complexity index is 1280. The van der Waals surface area contributed by atoms with Crippen molar-refractivity contribution in [3.05, 3.63) is 69.1 Å². The second-order valence-corrected chi connectivity index (χ2v) is 9.15. The standard InChI is InChI=1S/C25H27Cl2FN6O3/c1-36-21-12-15(25(35)33-8-10-37-11-9-33)2-5-19(21)32-22(29)13-20-24(30)31-6-7-34(20)14-16-17(26)3-4-18(28)23(16)27/h2-5,12-13H,6-11,14H2,1H3,(H2,29,32)(H2,30,31)/b20-13+. The monoisotopic (exact) mass is 548 g/mol. The van der Waals surface area contributed by atoms with Crippen LogP contribution >= 0.6 is 23.2 Å². The lowest BCUT2D eigenvalue weighted by atomic mass is 10.1. The van der Waals surface area contributed by atoms with E-state index in [2.05, 4.69) is 9.98 Å². The predicted molar refractivity (Wildman–Crippen MR) is 142 cm³/mol. The van der Waals surface area contributed by atoms with Crippen molar-refractivity contribution in [1.29, 1.82) is 0 Å². The molecule has 0 radical (unpaired) electrons. The summed E-state index contributed by atoms with van der Waals surface area (Å²) in [5.41, 5.74) is 14.3.